The molecule has 0 bridgehead atoms. The molecule has 0 amide bonds. The molecular formula is C14H22F2N2O. The minimum absolute atomic E-state index is 0.0365. The van der Waals surface area contributed by atoms with Crippen molar-refractivity contribution >= 4 is 0 Å². The van der Waals surface area contributed by atoms with Gasteiger partial charge in [-0.3, -0.25) is 0 Å². The van der Waals surface area contributed by atoms with Crippen molar-refractivity contribution < 1.29 is 13.5 Å². The lowest BCUT2D eigenvalue weighted by Gasteiger charge is -2.18. The molecule has 0 fully saturated rings. The van der Waals surface area contributed by atoms with Gasteiger partial charge in [-0.05, 0) is 25.2 Å². The Labute approximate surface area is 113 Å². The largest absolute Gasteiger partial charge is 0.489 e. The molecule has 0 radical (unpaired) electrons. The molecule has 3 nitrogen and oxygen atoms in total. The highest BCUT2D eigenvalue weighted by atomic mass is 19.1. The first-order chi connectivity index (χ1) is 9.17. The summed E-state index contributed by atoms with van der Waals surface area (Å²) in [4.78, 5) is 2.31. The number of ether oxygens (including phenoxy) is 1. The maximum Gasteiger partial charge on any atom is 0.165 e. The van der Waals surface area contributed by atoms with E-state index >= 15 is 0 Å². The van der Waals surface area contributed by atoms with Gasteiger partial charge in [-0.15, -0.1) is 0 Å². The van der Waals surface area contributed by atoms with Gasteiger partial charge in [0, 0.05) is 25.7 Å². The van der Waals surface area contributed by atoms with Crippen LogP contribution in [0.4, 0.5) is 8.78 Å². The number of nitrogens with zero attached hydrogens (tertiary/aromatic N) is 1. The lowest BCUT2D eigenvalue weighted by molar-refractivity contribution is 0.279. The Hall–Kier alpha value is -1.20. The Bertz CT molecular complexity index is 370. The standard InChI is InChI=1S/C14H22F2N2O/c1-3-18(4-2)9-7-17-8-10-19-14-11-12(15)5-6-13(14)16/h5-6,11,17H,3-4,7-10H2,1-2H3. The topological polar surface area (TPSA) is 24.5 Å². The average Bonchev–Trinajstić information content (AvgIpc) is 2.42. The molecule has 0 aromatic heterocycles. The normalized spacial score (nSPS) is 11.0. The highest BCUT2D eigenvalue weighted by Crippen LogP contribution is 2.17. The van der Waals surface area contributed by atoms with Crippen molar-refractivity contribution in [3.8, 4) is 5.75 Å². The Kier molecular flexibility index (Phi) is 7.36. The second-order valence-electron chi connectivity index (χ2n) is 4.20. The molecule has 0 aliphatic heterocycles. The number of halogens is 2. The monoisotopic (exact) mass is 272 g/mol. The van der Waals surface area contributed by atoms with Gasteiger partial charge in [-0.1, -0.05) is 13.8 Å². The number of benzene rings is 1. The quantitative estimate of drug-likeness (QED) is 0.698. The molecule has 1 rings (SSSR count). The molecule has 0 spiro atoms. The molecule has 0 heterocycles. The Morgan fingerprint density at radius 3 is 2.58 bits per heavy atom. The molecule has 1 aromatic carbocycles. The van der Waals surface area contributed by atoms with Crippen molar-refractivity contribution in [1.82, 2.24) is 10.2 Å². The molecule has 0 atom stereocenters. The molecule has 1 aromatic rings. The second kappa shape index (κ2) is 8.82. The van der Waals surface area contributed by atoms with E-state index in [0.29, 0.717) is 13.2 Å². The number of nitrogens with one attached hydrogen (secondary N) is 1. The zero-order valence-electron chi connectivity index (χ0n) is 11.6. The third kappa shape index (κ3) is 5.98. The van der Waals surface area contributed by atoms with Crippen LogP contribution in [0.5, 0.6) is 5.75 Å². The number of hydrogen-bond donors (Lipinski definition) is 1. The van der Waals surface area contributed by atoms with Crippen molar-refractivity contribution in [3.63, 3.8) is 0 Å². The van der Waals surface area contributed by atoms with Gasteiger partial charge in [0.1, 0.15) is 12.4 Å². The summed E-state index contributed by atoms with van der Waals surface area (Å²) in [6.45, 7) is 9.07. The van der Waals surface area contributed by atoms with E-state index in [0.717, 1.165) is 44.4 Å². The van der Waals surface area contributed by atoms with Gasteiger partial charge < -0.3 is 15.0 Å². The summed E-state index contributed by atoms with van der Waals surface area (Å²) >= 11 is 0. The van der Waals surface area contributed by atoms with Crippen LogP contribution in [0.25, 0.3) is 0 Å². The van der Waals surface area contributed by atoms with Gasteiger partial charge >= 0.3 is 0 Å². The van der Waals surface area contributed by atoms with E-state index in [4.69, 9.17) is 4.74 Å². The van der Waals surface area contributed by atoms with Crippen LogP contribution in [0.1, 0.15) is 13.8 Å². The predicted molar refractivity (Wildman–Crippen MR) is 72.5 cm³/mol. The molecular weight excluding hydrogens is 250 g/mol. The average molecular weight is 272 g/mol. The summed E-state index contributed by atoms with van der Waals surface area (Å²) in [5, 5.41) is 3.21. The van der Waals surface area contributed by atoms with Crippen molar-refractivity contribution in [1.29, 1.82) is 0 Å². The maximum atomic E-state index is 13.2. The van der Waals surface area contributed by atoms with E-state index < -0.39 is 11.6 Å². The third-order valence-electron chi connectivity index (χ3n) is 2.93. The minimum Gasteiger partial charge on any atom is -0.489 e. The fraction of sp³-hybridized carbons (Fsp3) is 0.571. The molecule has 19 heavy (non-hydrogen) atoms. The first kappa shape index (κ1) is 15.9. The van der Waals surface area contributed by atoms with Crippen molar-refractivity contribution in [2.75, 3.05) is 39.3 Å². The molecule has 0 saturated carbocycles. The zero-order valence-corrected chi connectivity index (χ0v) is 11.6. The van der Waals surface area contributed by atoms with Gasteiger partial charge in [-0.2, -0.15) is 0 Å². The molecule has 0 aliphatic carbocycles. The lowest BCUT2D eigenvalue weighted by Crippen LogP contribution is -2.33. The van der Waals surface area contributed by atoms with Crippen LogP contribution in [0.2, 0.25) is 0 Å². The van der Waals surface area contributed by atoms with Crippen LogP contribution in [0.15, 0.2) is 18.2 Å². The van der Waals surface area contributed by atoms with Crippen molar-refractivity contribution in [2.24, 2.45) is 0 Å². The van der Waals surface area contributed by atoms with Crippen LogP contribution in [0.3, 0.4) is 0 Å². The number of rotatable bonds is 9. The zero-order chi connectivity index (χ0) is 14.1. The summed E-state index contributed by atoms with van der Waals surface area (Å²) in [7, 11) is 0. The Morgan fingerprint density at radius 2 is 1.89 bits per heavy atom. The summed E-state index contributed by atoms with van der Waals surface area (Å²) in [5.41, 5.74) is 0. The van der Waals surface area contributed by atoms with E-state index in [1.807, 2.05) is 0 Å². The summed E-state index contributed by atoms with van der Waals surface area (Å²) in [6, 6.07) is 3.20. The van der Waals surface area contributed by atoms with E-state index in [-0.39, 0.29) is 5.75 Å². The summed E-state index contributed by atoms with van der Waals surface area (Å²) in [5.74, 6) is -1.07. The van der Waals surface area contributed by atoms with E-state index in [1.54, 1.807) is 0 Å². The number of hydrogen-bond acceptors (Lipinski definition) is 3. The van der Waals surface area contributed by atoms with E-state index in [9.17, 15) is 8.78 Å². The fourth-order valence-electron chi connectivity index (χ4n) is 1.72. The van der Waals surface area contributed by atoms with Crippen LogP contribution < -0.4 is 10.1 Å². The highest BCUT2D eigenvalue weighted by Gasteiger charge is 2.04. The maximum absolute atomic E-state index is 13.2. The second-order valence-corrected chi connectivity index (χ2v) is 4.20. The van der Waals surface area contributed by atoms with Gasteiger partial charge in [0.05, 0.1) is 0 Å². The molecule has 108 valence electrons. The summed E-state index contributed by atoms with van der Waals surface area (Å²) in [6.07, 6.45) is 0. The fourth-order valence-corrected chi connectivity index (χ4v) is 1.72. The molecule has 0 aliphatic rings. The van der Waals surface area contributed by atoms with E-state index in [2.05, 4.69) is 24.1 Å². The van der Waals surface area contributed by atoms with Gasteiger partial charge in [0.2, 0.25) is 0 Å². The van der Waals surface area contributed by atoms with Crippen molar-refractivity contribution in [3.05, 3.63) is 29.8 Å². The molecule has 1 N–H and O–H groups in total. The SMILES string of the molecule is CCN(CC)CCNCCOc1cc(F)ccc1F. The first-order valence-electron chi connectivity index (χ1n) is 6.68. The van der Waals surface area contributed by atoms with Crippen molar-refractivity contribution in [2.45, 2.75) is 13.8 Å². The molecule has 5 heteroatoms. The van der Waals surface area contributed by atoms with Crippen LogP contribution in [0, 0.1) is 11.6 Å². The predicted octanol–water partition coefficient (Wildman–Crippen LogP) is 2.27. The lowest BCUT2D eigenvalue weighted by atomic mass is 10.3. The highest BCUT2D eigenvalue weighted by molar-refractivity contribution is 5.24. The molecule has 0 saturated heterocycles. The van der Waals surface area contributed by atoms with Gasteiger partial charge in [0.25, 0.3) is 0 Å². The Balaban J connectivity index is 2.15. The third-order valence-corrected chi connectivity index (χ3v) is 2.93. The van der Waals surface area contributed by atoms with Gasteiger partial charge in [0.15, 0.2) is 11.6 Å². The smallest absolute Gasteiger partial charge is 0.165 e. The molecule has 0 unspecified atom stereocenters. The Morgan fingerprint density at radius 1 is 1.16 bits per heavy atom. The van der Waals surface area contributed by atoms with Crippen LogP contribution >= 0.6 is 0 Å². The van der Waals surface area contributed by atoms with Crippen LogP contribution in [-0.2, 0) is 0 Å². The van der Waals surface area contributed by atoms with Gasteiger partial charge in [-0.25, -0.2) is 8.78 Å². The van der Waals surface area contributed by atoms with E-state index in [1.165, 1.54) is 0 Å². The van der Waals surface area contributed by atoms with Crippen LogP contribution in [-0.4, -0.2) is 44.2 Å². The number of likely N-dealkylation sites (N-methyl/N-ethyl adjacent to an activating group) is 1. The first-order valence-corrected chi connectivity index (χ1v) is 6.68. The summed E-state index contributed by atoms with van der Waals surface area (Å²) < 4.78 is 31.3. The minimum atomic E-state index is -0.537.